The molecule has 0 aromatic heterocycles. The van der Waals surface area contributed by atoms with Crippen LogP contribution in [-0.4, -0.2) is 6.04 Å². The van der Waals surface area contributed by atoms with E-state index in [1.807, 2.05) is 19.1 Å². The van der Waals surface area contributed by atoms with Gasteiger partial charge in [0.1, 0.15) is 0 Å². The van der Waals surface area contributed by atoms with E-state index in [1.165, 1.54) is 22.3 Å². The standard InChI is InChI=1S/C17H20ClN/c1-12-6-9-16(18)11-17(12)15-5-3-4-14(10-15)8-7-13(2)19/h3-6,9-11,13H,7-8,19H2,1-2H3. The number of halogens is 1. The van der Waals surface area contributed by atoms with Crippen LogP contribution in [0.5, 0.6) is 0 Å². The minimum absolute atomic E-state index is 0.247. The van der Waals surface area contributed by atoms with Crippen molar-refractivity contribution < 1.29 is 0 Å². The number of rotatable bonds is 4. The molecule has 19 heavy (non-hydrogen) atoms. The summed E-state index contributed by atoms with van der Waals surface area (Å²) in [6.07, 6.45) is 2.03. The summed E-state index contributed by atoms with van der Waals surface area (Å²) >= 11 is 6.09. The van der Waals surface area contributed by atoms with Crippen LogP contribution < -0.4 is 5.73 Å². The lowest BCUT2D eigenvalue weighted by Crippen LogP contribution is -2.15. The predicted molar refractivity (Wildman–Crippen MR) is 83.6 cm³/mol. The maximum absolute atomic E-state index is 6.09. The molecule has 0 aliphatic heterocycles. The van der Waals surface area contributed by atoms with E-state index in [-0.39, 0.29) is 6.04 Å². The summed E-state index contributed by atoms with van der Waals surface area (Å²) in [6.45, 7) is 4.16. The second-order valence-electron chi connectivity index (χ2n) is 5.18. The lowest BCUT2D eigenvalue weighted by Gasteiger charge is -2.10. The first-order valence-corrected chi connectivity index (χ1v) is 7.05. The van der Waals surface area contributed by atoms with Gasteiger partial charge < -0.3 is 5.73 Å². The topological polar surface area (TPSA) is 26.0 Å². The number of benzene rings is 2. The van der Waals surface area contributed by atoms with Crippen LogP contribution in [0.2, 0.25) is 5.02 Å². The molecule has 0 saturated carbocycles. The molecule has 0 saturated heterocycles. The summed E-state index contributed by atoms with van der Waals surface area (Å²) in [6, 6.07) is 14.9. The van der Waals surface area contributed by atoms with Gasteiger partial charge in [0, 0.05) is 11.1 Å². The second kappa shape index (κ2) is 6.23. The molecular formula is C17H20ClN. The molecule has 2 aromatic rings. The molecule has 0 amide bonds. The molecule has 0 aliphatic carbocycles. The van der Waals surface area contributed by atoms with E-state index in [4.69, 9.17) is 17.3 Å². The molecule has 100 valence electrons. The number of aryl methyl sites for hydroxylation is 2. The zero-order chi connectivity index (χ0) is 13.8. The molecule has 1 nitrogen and oxygen atoms in total. The van der Waals surface area contributed by atoms with Crippen LogP contribution in [-0.2, 0) is 6.42 Å². The Morgan fingerprint density at radius 3 is 2.68 bits per heavy atom. The third-order valence-electron chi connectivity index (χ3n) is 3.33. The third-order valence-corrected chi connectivity index (χ3v) is 3.56. The highest BCUT2D eigenvalue weighted by Crippen LogP contribution is 2.27. The average Bonchev–Trinajstić information content (AvgIpc) is 2.39. The van der Waals surface area contributed by atoms with E-state index >= 15 is 0 Å². The fourth-order valence-corrected chi connectivity index (χ4v) is 2.37. The number of hydrogen-bond acceptors (Lipinski definition) is 1. The second-order valence-corrected chi connectivity index (χ2v) is 5.61. The first-order chi connectivity index (χ1) is 9.06. The quantitative estimate of drug-likeness (QED) is 0.866. The van der Waals surface area contributed by atoms with Gasteiger partial charge >= 0.3 is 0 Å². The zero-order valence-corrected chi connectivity index (χ0v) is 12.2. The summed E-state index contributed by atoms with van der Waals surface area (Å²) < 4.78 is 0. The molecule has 2 aromatic carbocycles. The third kappa shape index (κ3) is 3.82. The van der Waals surface area contributed by atoms with Gasteiger partial charge in [-0.25, -0.2) is 0 Å². The van der Waals surface area contributed by atoms with Crippen LogP contribution in [0, 0.1) is 6.92 Å². The van der Waals surface area contributed by atoms with Crippen molar-refractivity contribution in [2.75, 3.05) is 0 Å². The Kier molecular flexibility index (Phi) is 4.62. The van der Waals surface area contributed by atoms with E-state index in [2.05, 4.69) is 37.3 Å². The Labute approximate surface area is 120 Å². The van der Waals surface area contributed by atoms with Crippen molar-refractivity contribution in [3.05, 3.63) is 58.6 Å². The summed E-state index contributed by atoms with van der Waals surface area (Å²) in [5, 5.41) is 0.779. The van der Waals surface area contributed by atoms with Crippen LogP contribution in [0.4, 0.5) is 0 Å². The molecule has 2 heteroatoms. The minimum Gasteiger partial charge on any atom is -0.328 e. The fraction of sp³-hybridized carbons (Fsp3) is 0.294. The van der Waals surface area contributed by atoms with Crippen molar-refractivity contribution in [3.63, 3.8) is 0 Å². The number of hydrogen-bond donors (Lipinski definition) is 1. The maximum Gasteiger partial charge on any atom is 0.0412 e. The van der Waals surface area contributed by atoms with Gasteiger partial charge in [-0.05, 0) is 61.1 Å². The Bertz CT molecular complexity index is 561. The van der Waals surface area contributed by atoms with Gasteiger partial charge in [-0.3, -0.25) is 0 Å². The molecule has 0 spiro atoms. The van der Waals surface area contributed by atoms with Crippen LogP contribution >= 0.6 is 11.6 Å². The molecule has 0 heterocycles. The van der Waals surface area contributed by atoms with Crippen molar-refractivity contribution in [3.8, 4) is 11.1 Å². The van der Waals surface area contributed by atoms with Gasteiger partial charge in [0.25, 0.3) is 0 Å². The van der Waals surface area contributed by atoms with Crippen molar-refractivity contribution in [2.45, 2.75) is 32.7 Å². The Balaban J connectivity index is 2.29. The van der Waals surface area contributed by atoms with Gasteiger partial charge in [0.15, 0.2) is 0 Å². The molecule has 0 aliphatic rings. The summed E-state index contributed by atoms with van der Waals surface area (Å²) in [5.74, 6) is 0. The van der Waals surface area contributed by atoms with Gasteiger partial charge in [-0.2, -0.15) is 0 Å². The SMILES string of the molecule is Cc1ccc(Cl)cc1-c1cccc(CCC(C)N)c1. The molecule has 2 N–H and O–H groups in total. The lowest BCUT2D eigenvalue weighted by molar-refractivity contribution is 0.666. The van der Waals surface area contributed by atoms with E-state index in [0.29, 0.717) is 0 Å². The zero-order valence-electron chi connectivity index (χ0n) is 11.5. The van der Waals surface area contributed by atoms with Gasteiger partial charge in [0.05, 0.1) is 0 Å². The highest BCUT2D eigenvalue weighted by molar-refractivity contribution is 6.30. The van der Waals surface area contributed by atoms with Crippen molar-refractivity contribution in [1.82, 2.24) is 0 Å². The molecule has 2 rings (SSSR count). The van der Waals surface area contributed by atoms with Crippen molar-refractivity contribution in [1.29, 1.82) is 0 Å². The largest absolute Gasteiger partial charge is 0.328 e. The maximum atomic E-state index is 6.09. The van der Waals surface area contributed by atoms with E-state index in [9.17, 15) is 0 Å². The van der Waals surface area contributed by atoms with Crippen LogP contribution in [0.3, 0.4) is 0 Å². The first-order valence-electron chi connectivity index (χ1n) is 6.67. The van der Waals surface area contributed by atoms with Gasteiger partial charge in [-0.1, -0.05) is 41.9 Å². The molecule has 0 fully saturated rings. The fourth-order valence-electron chi connectivity index (χ4n) is 2.19. The minimum atomic E-state index is 0.247. The summed E-state index contributed by atoms with van der Waals surface area (Å²) in [5.41, 5.74) is 10.8. The Hall–Kier alpha value is -1.31. The normalized spacial score (nSPS) is 12.4. The average molecular weight is 274 g/mol. The van der Waals surface area contributed by atoms with Crippen LogP contribution in [0.1, 0.15) is 24.5 Å². The van der Waals surface area contributed by atoms with Crippen molar-refractivity contribution in [2.24, 2.45) is 5.73 Å². The molecule has 1 atom stereocenters. The van der Waals surface area contributed by atoms with Crippen LogP contribution in [0.25, 0.3) is 11.1 Å². The smallest absolute Gasteiger partial charge is 0.0412 e. The van der Waals surface area contributed by atoms with E-state index in [1.54, 1.807) is 0 Å². The van der Waals surface area contributed by atoms with Crippen LogP contribution in [0.15, 0.2) is 42.5 Å². The number of nitrogens with two attached hydrogens (primary N) is 1. The van der Waals surface area contributed by atoms with E-state index in [0.717, 1.165) is 17.9 Å². The molecule has 0 bridgehead atoms. The molecule has 1 unspecified atom stereocenters. The summed E-state index contributed by atoms with van der Waals surface area (Å²) in [4.78, 5) is 0. The van der Waals surface area contributed by atoms with Gasteiger partial charge in [0.2, 0.25) is 0 Å². The molecule has 0 radical (unpaired) electrons. The Morgan fingerprint density at radius 1 is 1.16 bits per heavy atom. The molecular weight excluding hydrogens is 254 g/mol. The lowest BCUT2D eigenvalue weighted by atomic mass is 9.97. The Morgan fingerprint density at radius 2 is 1.95 bits per heavy atom. The van der Waals surface area contributed by atoms with E-state index < -0.39 is 0 Å². The highest BCUT2D eigenvalue weighted by atomic mass is 35.5. The monoisotopic (exact) mass is 273 g/mol. The highest BCUT2D eigenvalue weighted by Gasteiger charge is 2.04. The van der Waals surface area contributed by atoms with Gasteiger partial charge in [-0.15, -0.1) is 0 Å². The predicted octanol–water partition coefficient (Wildman–Crippen LogP) is 4.60. The first kappa shape index (κ1) is 14.1. The summed E-state index contributed by atoms with van der Waals surface area (Å²) in [7, 11) is 0. The van der Waals surface area contributed by atoms with Crippen molar-refractivity contribution >= 4 is 11.6 Å².